The highest BCUT2D eigenvalue weighted by Crippen LogP contribution is 2.26. The molecular formula is C13H17BrClN3O3. The highest BCUT2D eigenvalue weighted by atomic mass is 79.9. The van der Waals surface area contributed by atoms with Gasteiger partial charge in [-0.15, -0.1) is 0 Å². The van der Waals surface area contributed by atoms with Gasteiger partial charge in [-0.3, -0.25) is 0 Å². The molecule has 0 spiro atoms. The van der Waals surface area contributed by atoms with E-state index in [0.717, 1.165) is 0 Å². The van der Waals surface area contributed by atoms with Crippen LogP contribution >= 0.6 is 27.5 Å². The SMILES string of the molecule is CC(C)(C)OC(=O)N1CCC(Oc2nc(Cl)ncc2Br)C1. The van der Waals surface area contributed by atoms with Crippen molar-refractivity contribution in [3.8, 4) is 5.88 Å². The first-order valence-corrected chi connectivity index (χ1v) is 7.74. The fourth-order valence-electron chi connectivity index (χ4n) is 1.89. The Labute approximate surface area is 136 Å². The maximum atomic E-state index is 12.0. The molecule has 1 aliphatic heterocycles. The van der Waals surface area contributed by atoms with Gasteiger partial charge in [-0.25, -0.2) is 9.78 Å². The van der Waals surface area contributed by atoms with Gasteiger partial charge in [0, 0.05) is 19.2 Å². The summed E-state index contributed by atoms with van der Waals surface area (Å²) >= 11 is 9.05. The van der Waals surface area contributed by atoms with E-state index in [9.17, 15) is 4.79 Å². The van der Waals surface area contributed by atoms with Crippen molar-refractivity contribution in [3.05, 3.63) is 16.0 Å². The van der Waals surface area contributed by atoms with Gasteiger partial charge in [0.15, 0.2) is 0 Å². The number of carbonyl (C=O) groups is 1. The third-order valence-corrected chi connectivity index (χ3v) is 3.48. The molecule has 21 heavy (non-hydrogen) atoms. The van der Waals surface area contributed by atoms with Crippen molar-refractivity contribution in [1.29, 1.82) is 0 Å². The van der Waals surface area contributed by atoms with Crippen LogP contribution in [0.25, 0.3) is 0 Å². The summed E-state index contributed by atoms with van der Waals surface area (Å²) in [5, 5.41) is 0.121. The predicted molar refractivity (Wildman–Crippen MR) is 81.6 cm³/mol. The Morgan fingerprint density at radius 2 is 2.24 bits per heavy atom. The molecule has 0 aliphatic carbocycles. The predicted octanol–water partition coefficient (Wildman–Crippen LogP) is 3.28. The molecule has 1 amide bonds. The van der Waals surface area contributed by atoms with Crippen LogP contribution < -0.4 is 4.74 Å². The summed E-state index contributed by atoms with van der Waals surface area (Å²) < 4.78 is 11.7. The number of ether oxygens (including phenoxy) is 2. The molecule has 0 bridgehead atoms. The minimum atomic E-state index is -0.501. The number of rotatable bonds is 2. The molecule has 1 aromatic heterocycles. The number of halogens is 2. The maximum absolute atomic E-state index is 12.0. The molecule has 116 valence electrons. The zero-order valence-electron chi connectivity index (χ0n) is 12.1. The van der Waals surface area contributed by atoms with E-state index in [4.69, 9.17) is 21.1 Å². The molecule has 8 heteroatoms. The lowest BCUT2D eigenvalue weighted by Gasteiger charge is -2.24. The smallest absolute Gasteiger partial charge is 0.410 e. The fraction of sp³-hybridized carbons (Fsp3) is 0.615. The molecule has 1 unspecified atom stereocenters. The molecule has 1 saturated heterocycles. The number of likely N-dealkylation sites (tertiary alicyclic amines) is 1. The Hall–Kier alpha value is -1.08. The van der Waals surface area contributed by atoms with Gasteiger partial charge in [0.25, 0.3) is 0 Å². The second kappa shape index (κ2) is 6.36. The summed E-state index contributed by atoms with van der Waals surface area (Å²) in [5.41, 5.74) is -0.501. The molecule has 1 atom stereocenters. The first-order valence-electron chi connectivity index (χ1n) is 6.57. The van der Waals surface area contributed by atoms with Crippen LogP contribution in [-0.2, 0) is 4.74 Å². The summed E-state index contributed by atoms with van der Waals surface area (Å²) in [6.07, 6.45) is 1.78. The van der Waals surface area contributed by atoms with Crippen LogP contribution in [0.3, 0.4) is 0 Å². The van der Waals surface area contributed by atoms with E-state index < -0.39 is 5.60 Å². The van der Waals surface area contributed by atoms with Gasteiger partial charge < -0.3 is 14.4 Å². The Morgan fingerprint density at radius 1 is 1.52 bits per heavy atom. The summed E-state index contributed by atoms with van der Waals surface area (Å²) in [4.78, 5) is 21.5. The van der Waals surface area contributed by atoms with Crippen LogP contribution in [0.2, 0.25) is 5.28 Å². The van der Waals surface area contributed by atoms with Crippen molar-refractivity contribution in [1.82, 2.24) is 14.9 Å². The molecule has 1 fully saturated rings. The quantitative estimate of drug-likeness (QED) is 0.739. The standard InChI is InChI=1S/C13H17BrClN3O3/c1-13(2,3)21-12(19)18-5-4-8(7-18)20-10-9(14)6-16-11(15)17-10/h6,8H,4-5,7H2,1-3H3. The molecule has 2 heterocycles. The lowest BCUT2D eigenvalue weighted by molar-refractivity contribution is 0.0274. The van der Waals surface area contributed by atoms with E-state index in [-0.39, 0.29) is 17.5 Å². The highest BCUT2D eigenvalue weighted by molar-refractivity contribution is 9.10. The molecule has 2 rings (SSSR count). The normalized spacial score (nSPS) is 18.7. The minimum absolute atomic E-state index is 0.121. The number of aromatic nitrogens is 2. The third-order valence-electron chi connectivity index (χ3n) is 2.76. The monoisotopic (exact) mass is 377 g/mol. The van der Waals surface area contributed by atoms with Crippen LogP contribution in [0.1, 0.15) is 27.2 Å². The van der Waals surface area contributed by atoms with Crippen molar-refractivity contribution in [2.75, 3.05) is 13.1 Å². The van der Waals surface area contributed by atoms with Gasteiger partial charge >= 0.3 is 6.09 Å². The Morgan fingerprint density at radius 3 is 2.90 bits per heavy atom. The molecule has 0 aromatic carbocycles. The number of nitrogens with zero attached hydrogens (tertiary/aromatic N) is 3. The number of hydrogen-bond acceptors (Lipinski definition) is 5. The Balaban J connectivity index is 1.93. The molecule has 1 aromatic rings. The summed E-state index contributed by atoms with van der Waals surface area (Å²) in [7, 11) is 0. The second-order valence-electron chi connectivity index (χ2n) is 5.75. The molecule has 1 aliphatic rings. The van der Waals surface area contributed by atoms with Gasteiger partial charge in [0.1, 0.15) is 11.7 Å². The van der Waals surface area contributed by atoms with Crippen LogP contribution in [0, 0.1) is 0 Å². The van der Waals surface area contributed by atoms with Crippen LogP contribution in [0.15, 0.2) is 10.7 Å². The zero-order valence-corrected chi connectivity index (χ0v) is 14.4. The molecule has 0 radical (unpaired) electrons. The van der Waals surface area contributed by atoms with Gasteiger partial charge in [0.2, 0.25) is 11.2 Å². The van der Waals surface area contributed by atoms with E-state index >= 15 is 0 Å². The van der Waals surface area contributed by atoms with Crippen LogP contribution in [0.5, 0.6) is 5.88 Å². The maximum Gasteiger partial charge on any atom is 0.410 e. The molecule has 6 nitrogen and oxygen atoms in total. The van der Waals surface area contributed by atoms with E-state index in [0.29, 0.717) is 29.9 Å². The van der Waals surface area contributed by atoms with Crippen molar-refractivity contribution in [3.63, 3.8) is 0 Å². The van der Waals surface area contributed by atoms with E-state index in [1.54, 1.807) is 4.90 Å². The fourth-order valence-corrected chi connectivity index (χ4v) is 2.30. The largest absolute Gasteiger partial charge is 0.471 e. The van der Waals surface area contributed by atoms with E-state index in [1.807, 2.05) is 20.8 Å². The average Bonchev–Trinajstić information content (AvgIpc) is 2.80. The van der Waals surface area contributed by atoms with E-state index in [2.05, 4.69) is 25.9 Å². The lowest BCUT2D eigenvalue weighted by Crippen LogP contribution is -2.36. The minimum Gasteiger partial charge on any atom is -0.471 e. The van der Waals surface area contributed by atoms with Crippen molar-refractivity contribution < 1.29 is 14.3 Å². The Bertz CT molecular complexity index is 536. The topological polar surface area (TPSA) is 64.5 Å². The van der Waals surface area contributed by atoms with Gasteiger partial charge in [0.05, 0.1) is 11.0 Å². The Kier molecular flexibility index (Phi) is 4.93. The average molecular weight is 379 g/mol. The molecular weight excluding hydrogens is 362 g/mol. The van der Waals surface area contributed by atoms with E-state index in [1.165, 1.54) is 6.20 Å². The summed E-state index contributed by atoms with van der Waals surface area (Å²) in [6.45, 7) is 6.58. The lowest BCUT2D eigenvalue weighted by atomic mass is 10.2. The van der Waals surface area contributed by atoms with Crippen molar-refractivity contribution in [2.45, 2.75) is 38.9 Å². The zero-order chi connectivity index (χ0) is 15.6. The van der Waals surface area contributed by atoms with Crippen LogP contribution in [0.4, 0.5) is 4.79 Å². The summed E-state index contributed by atoms with van der Waals surface area (Å²) in [6, 6.07) is 0. The van der Waals surface area contributed by atoms with Gasteiger partial charge in [-0.05, 0) is 48.3 Å². The summed E-state index contributed by atoms with van der Waals surface area (Å²) in [5.74, 6) is 0.381. The first-order chi connectivity index (χ1) is 9.74. The molecule has 0 saturated carbocycles. The molecule has 0 N–H and O–H groups in total. The van der Waals surface area contributed by atoms with Gasteiger partial charge in [-0.1, -0.05) is 0 Å². The number of carbonyl (C=O) groups excluding carboxylic acids is 1. The third kappa shape index (κ3) is 4.71. The van der Waals surface area contributed by atoms with Gasteiger partial charge in [-0.2, -0.15) is 4.98 Å². The van der Waals surface area contributed by atoms with Crippen molar-refractivity contribution in [2.24, 2.45) is 0 Å². The highest BCUT2D eigenvalue weighted by Gasteiger charge is 2.31. The first kappa shape index (κ1) is 16.3. The van der Waals surface area contributed by atoms with Crippen LogP contribution in [-0.4, -0.2) is 45.8 Å². The van der Waals surface area contributed by atoms with Crippen molar-refractivity contribution >= 4 is 33.6 Å². The number of hydrogen-bond donors (Lipinski definition) is 0. The second-order valence-corrected chi connectivity index (χ2v) is 6.94. The number of amides is 1.